The van der Waals surface area contributed by atoms with Crippen molar-refractivity contribution < 1.29 is 4.79 Å². The first-order valence-corrected chi connectivity index (χ1v) is 7.63. The number of carbonyl (C=O) groups excluding carboxylic acids is 1. The fourth-order valence-corrected chi connectivity index (χ4v) is 2.86. The Balaban J connectivity index is 1.77. The van der Waals surface area contributed by atoms with Crippen molar-refractivity contribution >= 4 is 33.3 Å². The van der Waals surface area contributed by atoms with E-state index in [4.69, 9.17) is 0 Å². The van der Waals surface area contributed by atoms with Crippen LogP contribution in [0.3, 0.4) is 0 Å². The standard InChI is InChI=1S/C20H14N2O2/c23-19-15-9-3-4-10-17(15)21-12-16(19)20(24)22-18-11-5-7-13-6-1-2-8-14(13)18/h1-12H,(H,21,23)(H,22,24). The maximum absolute atomic E-state index is 12.6. The van der Waals surface area contributed by atoms with E-state index in [1.54, 1.807) is 12.1 Å². The lowest BCUT2D eigenvalue weighted by molar-refractivity contribution is 0.102. The number of aromatic amines is 1. The molecule has 0 saturated carbocycles. The highest BCUT2D eigenvalue weighted by Gasteiger charge is 2.14. The zero-order valence-electron chi connectivity index (χ0n) is 12.7. The molecule has 4 heteroatoms. The number of fused-ring (bicyclic) bond motifs is 2. The summed E-state index contributed by atoms with van der Waals surface area (Å²) >= 11 is 0. The highest BCUT2D eigenvalue weighted by Crippen LogP contribution is 2.23. The Hall–Kier alpha value is -3.40. The summed E-state index contributed by atoms with van der Waals surface area (Å²) in [7, 11) is 0. The summed E-state index contributed by atoms with van der Waals surface area (Å²) in [4.78, 5) is 28.1. The topological polar surface area (TPSA) is 62.0 Å². The molecule has 4 aromatic rings. The normalized spacial score (nSPS) is 10.8. The second-order valence-corrected chi connectivity index (χ2v) is 5.56. The third kappa shape index (κ3) is 2.34. The molecule has 3 aromatic carbocycles. The van der Waals surface area contributed by atoms with Crippen LogP contribution in [0.5, 0.6) is 0 Å². The fraction of sp³-hybridized carbons (Fsp3) is 0. The Morgan fingerprint density at radius 3 is 2.42 bits per heavy atom. The Labute approximate surface area is 137 Å². The smallest absolute Gasteiger partial charge is 0.261 e. The largest absolute Gasteiger partial charge is 0.360 e. The van der Waals surface area contributed by atoms with Crippen LogP contribution < -0.4 is 10.7 Å². The second kappa shape index (κ2) is 5.66. The molecule has 0 aliphatic rings. The van der Waals surface area contributed by atoms with Crippen molar-refractivity contribution in [2.24, 2.45) is 0 Å². The number of hydrogen-bond acceptors (Lipinski definition) is 2. The summed E-state index contributed by atoms with van der Waals surface area (Å²) < 4.78 is 0. The number of para-hydroxylation sites is 1. The average Bonchev–Trinajstić information content (AvgIpc) is 2.62. The zero-order chi connectivity index (χ0) is 16.5. The van der Waals surface area contributed by atoms with Crippen molar-refractivity contribution in [1.29, 1.82) is 0 Å². The van der Waals surface area contributed by atoms with Gasteiger partial charge >= 0.3 is 0 Å². The first-order chi connectivity index (χ1) is 11.7. The van der Waals surface area contributed by atoms with E-state index in [0.717, 1.165) is 10.8 Å². The third-order valence-electron chi connectivity index (χ3n) is 4.07. The van der Waals surface area contributed by atoms with Crippen LogP contribution in [0.2, 0.25) is 0 Å². The van der Waals surface area contributed by atoms with E-state index in [-0.39, 0.29) is 11.0 Å². The molecule has 0 aliphatic heterocycles. The lowest BCUT2D eigenvalue weighted by atomic mass is 10.1. The molecule has 0 saturated heterocycles. The van der Waals surface area contributed by atoms with Gasteiger partial charge in [-0.25, -0.2) is 0 Å². The van der Waals surface area contributed by atoms with Crippen molar-refractivity contribution in [1.82, 2.24) is 4.98 Å². The van der Waals surface area contributed by atoms with Crippen LogP contribution in [0.15, 0.2) is 77.7 Å². The second-order valence-electron chi connectivity index (χ2n) is 5.56. The molecule has 1 amide bonds. The van der Waals surface area contributed by atoms with Crippen LogP contribution in [0, 0.1) is 0 Å². The monoisotopic (exact) mass is 314 g/mol. The molecule has 2 N–H and O–H groups in total. The molecule has 24 heavy (non-hydrogen) atoms. The van der Waals surface area contributed by atoms with Gasteiger partial charge < -0.3 is 10.3 Å². The van der Waals surface area contributed by atoms with Crippen molar-refractivity contribution in [3.8, 4) is 0 Å². The predicted octanol–water partition coefficient (Wildman–Crippen LogP) is 3.93. The zero-order valence-corrected chi connectivity index (χ0v) is 12.7. The molecule has 0 fully saturated rings. The quantitative estimate of drug-likeness (QED) is 0.589. The van der Waals surface area contributed by atoms with Gasteiger partial charge in [0.1, 0.15) is 5.56 Å². The highest BCUT2D eigenvalue weighted by molar-refractivity contribution is 6.09. The van der Waals surface area contributed by atoms with Gasteiger partial charge in [0.2, 0.25) is 5.43 Å². The first kappa shape index (κ1) is 14.2. The van der Waals surface area contributed by atoms with Crippen LogP contribution >= 0.6 is 0 Å². The number of rotatable bonds is 2. The van der Waals surface area contributed by atoms with Crippen molar-refractivity contribution in [3.63, 3.8) is 0 Å². The van der Waals surface area contributed by atoms with Crippen molar-refractivity contribution in [2.45, 2.75) is 0 Å². The molecule has 0 atom stereocenters. The van der Waals surface area contributed by atoms with E-state index in [0.29, 0.717) is 16.6 Å². The Bertz CT molecular complexity index is 1120. The van der Waals surface area contributed by atoms with Gasteiger partial charge in [0, 0.05) is 28.2 Å². The molecule has 1 heterocycles. The summed E-state index contributed by atoms with van der Waals surface area (Å²) in [5.41, 5.74) is 1.22. The Morgan fingerprint density at radius 2 is 1.54 bits per heavy atom. The van der Waals surface area contributed by atoms with E-state index in [2.05, 4.69) is 10.3 Å². The van der Waals surface area contributed by atoms with E-state index in [9.17, 15) is 9.59 Å². The predicted molar refractivity (Wildman–Crippen MR) is 96.5 cm³/mol. The van der Waals surface area contributed by atoms with E-state index in [1.165, 1.54) is 6.20 Å². The van der Waals surface area contributed by atoms with Crippen LogP contribution in [0.4, 0.5) is 5.69 Å². The minimum Gasteiger partial charge on any atom is -0.360 e. The molecule has 0 spiro atoms. The molecule has 4 rings (SSSR count). The molecule has 4 nitrogen and oxygen atoms in total. The molecular weight excluding hydrogens is 300 g/mol. The van der Waals surface area contributed by atoms with Gasteiger partial charge in [0.25, 0.3) is 5.91 Å². The van der Waals surface area contributed by atoms with Gasteiger partial charge in [-0.1, -0.05) is 48.5 Å². The number of benzene rings is 3. The summed E-state index contributed by atoms with van der Waals surface area (Å²) in [6.07, 6.45) is 1.46. The minimum atomic E-state index is -0.418. The van der Waals surface area contributed by atoms with Gasteiger partial charge in [-0.15, -0.1) is 0 Å². The van der Waals surface area contributed by atoms with Gasteiger partial charge in [-0.05, 0) is 23.6 Å². The van der Waals surface area contributed by atoms with Gasteiger partial charge in [0.15, 0.2) is 0 Å². The molecule has 0 unspecified atom stereocenters. The van der Waals surface area contributed by atoms with Crippen molar-refractivity contribution in [3.05, 3.63) is 88.7 Å². The number of nitrogens with one attached hydrogen (secondary N) is 2. The number of amides is 1. The van der Waals surface area contributed by atoms with E-state index < -0.39 is 5.91 Å². The van der Waals surface area contributed by atoms with Crippen LogP contribution in [0.25, 0.3) is 21.7 Å². The molecule has 0 bridgehead atoms. The molecule has 116 valence electrons. The summed E-state index contributed by atoms with van der Waals surface area (Å²) in [6.45, 7) is 0. The lowest BCUT2D eigenvalue weighted by Crippen LogP contribution is -2.22. The molecule has 0 radical (unpaired) electrons. The van der Waals surface area contributed by atoms with Crippen LogP contribution in [-0.4, -0.2) is 10.9 Å². The van der Waals surface area contributed by atoms with Crippen LogP contribution in [-0.2, 0) is 0 Å². The lowest BCUT2D eigenvalue weighted by Gasteiger charge is -2.09. The number of anilines is 1. The third-order valence-corrected chi connectivity index (χ3v) is 4.07. The van der Waals surface area contributed by atoms with Gasteiger partial charge in [0.05, 0.1) is 0 Å². The fourth-order valence-electron chi connectivity index (χ4n) is 2.86. The average molecular weight is 314 g/mol. The molecule has 0 aliphatic carbocycles. The molecule has 1 aromatic heterocycles. The van der Waals surface area contributed by atoms with Gasteiger partial charge in [-0.2, -0.15) is 0 Å². The Morgan fingerprint density at radius 1 is 0.833 bits per heavy atom. The SMILES string of the molecule is O=C(Nc1cccc2ccccc12)c1c[nH]c2ccccc2c1=O. The van der Waals surface area contributed by atoms with Crippen molar-refractivity contribution in [2.75, 3.05) is 5.32 Å². The van der Waals surface area contributed by atoms with E-state index in [1.807, 2.05) is 54.6 Å². The van der Waals surface area contributed by atoms with Gasteiger partial charge in [-0.3, -0.25) is 9.59 Å². The summed E-state index contributed by atoms with van der Waals surface area (Å²) in [5, 5.41) is 5.32. The summed E-state index contributed by atoms with van der Waals surface area (Å²) in [6, 6.07) is 20.6. The summed E-state index contributed by atoms with van der Waals surface area (Å²) in [5.74, 6) is -0.418. The van der Waals surface area contributed by atoms with Crippen LogP contribution in [0.1, 0.15) is 10.4 Å². The number of pyridine rings is 1. The van der Waals surface area contributed by atoms with E-state index >= 15 is 0 Å². The number of hydrogen-bond donors (Lipinski definition) is 2. The first-order valence-electron chi connectivity index (χ1n) is 7.63. The minimum absolute atomic E-state index is 0.0987. The maximum Gasteiger partial charge on any atom is 0.261 e. The maximum atomic E-state index is 12.6. The number of aromatic nitrogens is 1. The number of H-pyrrole nitrogens is 1. The highest BCUT2D eigenvalue weighted by atomic mass is 16.2. The number of carbonyl (C=O) groups is 1. The Kier molecular flexibility index (Phi) is 3.35. The molecular formula is C20H14N2O2.